The van der Waals surface area contributed by atoms with E-state index in [1.165, 1.54) is 11.3 Å². The Balaban J connectivity index is 2.41. The number of carbonyl (C=O) groups is 1. The highest BCUT2D eigenvalue weighted by atomic mass is 35.5. The van der Waals surface area contributed by atoms with Crippen LogP contribution in [-0.2, 0) is 4.74 Å². The van der Waals surface area contributed by atoms with Gasteiger partial charge < -0.3 is 15.2 Å². The molecule has 0 saturated heterocycles. The maximum absolute atomic E-state index is 12.2. The van der Waals surface area contributed by atoms with Crippen LogP contribution in [0.4, 0.5) is 5.82 Å². The van der Waals surface area contributed by atoms with Gasteiger partial charge in [-0.2, -0.15) is 0 Å². The van der Waals surface area contributed by atoms with E-state index in [1.807, 2.05) is 20.8 Å². The zero-order valence-electron chi connectivity index (χ0n) is 12.6. The third-order valence-corrected chi connectivity index (χ3v) is 4.24. The molecule has 0 aliphatic rings. The minimum atomic E-state index is -0.363. The average Bonchev–Trinajstić information content (AvgIpc) is 2.79. The normalized spacial score (nSPS) is 11.2. The lowest BCUT2D eigenvalue weighted by Crippen LogP contribution is -2.10. The maximum Gasteiger partial charge on any atom is 0.348 e. The minimum absolute atomic E-state index is 0.0322. The number of esters is 1. The summed E-state index contributed by atoms with van der Waals surface area (Å²) in [5.41, 5.74) is 0.755. The molecule has 0 radical (unpaired) electrons. The highest BCUT2D eigenvalue weighted by Gasteiger charge is 2.21. The summed E-state index contributed by atoms with van der Waals surface area (Å²) in [6, 6.07) is 0. The van der Waals surface area contributed by atoms with Gasteiger partial charge in [0.1, 0.15) is 15.5 Å². The van der Waals surface area contributed by atoms with Gasteiger partial charge in [-0.3, -0.25) is 0 Å². The summed E-state index contributed by atoms with van der Waals surface area (Å²) in [5, 5.41) is 12.8. The van der Waals surface area contributed by atoms with E-state index in [2.05, 4.69) is 15.3 Å². The Kier molecular flexibility index (Phi) is 5.55. The van der Waals surface area contributed by atoms with Crippen molar-refractivity contribution in [3.05, 3.63) is 15.7 Å². The van der Waals surface area contributed by atoms with Gasteiger partial charge in [-0.1, -0.05) is 13.8 Å². The molecule has 0 aromatic carbocycles. The Morgan fingerprint density at radius 3 is 2.82 bits per heavy atom. The van der Waals surface area contributed by atoms with Crippen molar-refractivity contribution in [3.63, 3.8) is 0 Å². The largest absolute Gasteiger partial charge is 0.461 e. The topological polar surface area (TPSA) is 84.3 Å². The number of ether oxygens (including phenoxy) is 1. The number of thiophene rings is 1. The summed E-state index contributed by atoms with van der Waals surface area (Å²) in [4.78, 5) is 21.6. The molecule has 2 N–H and O–H groups in total. The molecule has 0 spiro atoms. The number of anilines is 1. The molecule has 0 bridgehead atoms. The minimum Gasteiger partial charge on any atom is -0.461 e. The number of aryl methyl sites for hydroxylation is 1. The fourth-order valence-corrected chi connectivity index (χ4v) is 3.21. The van der Waals surface area contributed by atoms with Crippen LogP contribution >= 0.6 is 22.9 Å². The van der Waals surface area contributed by atoms with E-state index in [0.29, 0.717) is 28.7 Å². The van der Waals surface area contributed by atoms with Crippen molar-refractivity contribution in [2.45, 2.75) is 20.8 Å². The predicted molar refractivity (Wildman–Crippen MR) is 87.9 cm³/mol. The molecular weight excluding hydrogens is 326 g/mol. The van der Waals surface area contributed by atoms with Crippen molar-refractivity contribution in [2.24, 2.45) is 5.92 Å². The van der Waals surface area contributed by atoms with Crippen LogP contribution in [0, 0.1) is 12.8 Å². The Bertz CT molecular complexity index is 688. The number of carbonyl (C=O) groups excluding carboxylic acids is 1. The lowest BCUT2D eigenvalue weighted by Gasteiger charge is -2.07. The summed E-state index contributed by atoms with van der Waals surface area (Å²) >= 11 is 7.15. The number of rotatable bonds is 6. The van der Waals surface area contributed by atoms with Crippen molar-refractivity contribution >= 4 is 44.9 Å². The SMILES string of the molecule is Cc1c(C(=O)OCC(C)C)sc2nc(Cl)nc(NCCO)c12. The molecule has 2 rings (SSSR count). The number of halogens is 1. The maximum atomic E-state index is 12.2. The Morgan fingerprint density at radius 2 is 2.18 bits per heavy atom. The van der Waals surface area contributed by atoms with Crippen LogP contribution in [0.1, 0.15) is 29.1 Å². The monoisotopic (exact) mass is 343 g/mol. The lowest BCUT2D eigenvalue weighted by molar-refractivity contribution is 0.0464. The van der Waals surface area contributed by atoms with E-state index in [1.54, 1.807) is 0 Å². The Morgan fingerprint density at radius 1 is 1.45 bits per heavy atom. The quantitative estimate of drug-likeness (QED) is 0.619. The van der Waals surface area contributed by atoms with Gasteiger partial charge in [-0.15, -0.1) is 11.3 Å². The number of aliphatic hydroxyl groups excluding tert-OH is 1. The predicted octanol–water partition coefficient (Wildman–Crippen LogP) is 2.87. The van der Waals surface area contributed by atoms with E-state index in [9.17, 15) is 4.79 Å². The first-order chi connectivity index (χ1) is 10.4. The first-order valence-electron chi connectivity index (χ1n) is 6.92. The molecule has 22 heavy (non-hydrogen) atoms. The van der Waals surface area contributed by atoms with Crippen LogP contribution in [0.2, 0.25) is 5.28 Å². The molecule has 0 amide bonds. The van der Waals surface area contributed by atoms with Crippen molar-refractivity contribution in [1.82, 2.24) is 9.97 Å². The van der Waals surface area contributed by atoms with Gasteiger partial charge in [-0.05, 0) is 30.0 Å². The molecule has 2 aromatic rings. The van der Waals surface area contributed by atoms with Gasteiger partial charge in [0.05, 0.1) is 18.6 Å². The standard InChI is InChI=1S/C14H18ClN3O3S/c1-7(2)6-21-13(20)10-8(3)9-11(16-4-5-19)17-14(15)18-12(9)22-10/h7,19H,4-6H2,1-3H3,(H,16,17,18). The first-order valence-corrected chi connectivity index (χ1v) is 8.12. The van der Waals surface area contributed by atoms with E-state index in [0.717, 1.165) is 10.9 Å². The number of fused-ring (bicyclic) bond motifs is 1. The van der Waals surface area contributed by atoms with Crippen molar-refractivity contribution < 1.29 is 14.6 Å². The number of hydrogen-bond donors (Lipinski definition) is 2. The van der Waals surface area contributed by atoms with Crippen molar-refractivity contribution in [1.29, 1.82) is 0 Å². The third-order valence-electron chi connectivity index (χ3n) is 2.90. The fourth-order valence-electron chi connectivity index (χ4n) is 1.92. The highest BCUT2D eigenvalue weighted by Crippen LogP contribution is 2.35. The summed E-state index contributed by atoms with van der Waals surface area (Å²) in [6.07, 6.45) is 0. The second-order valence-electron chi connectivity index (χ2n) is 5.22. The van der Waals surface area contributed by atoms with Gasteiger partial charge >= 0.3 is 5.97 Å². The van der Waals surface area contributed by atoms with Gasteiger partial charge in [0.25, 0.3) is 0 Å². The molecule has 2 aromatic heterocycles. The molecule has 120 valence electrons. The second-order valence-corrected chi connectivity index (χ2v) is 6.56. The number of aliphatic hydroxyl groups is 1. The summed E-state index contributed by atoms with van der Waals surface area (Å²) in [6.45, 7) is 6.46. The van der Waals surface area contributed by atoms with Crippen molar-refractivity contribution in [3.8, 4) is 0 Å². The Labute approximate surface area is 137 Å². The first kappa shape index (κ1) is 16.9. The van der Waals surface area contributed by atoms with E-state index in [-0.39, 0.29) is 23.8 Å². The van der Waals surface area contributed by atoms with Crippen LogP contribution in [0.25, 0.3) is 10.2 Å². The van der Waals surface area contributed by atoms with Crippen LogP contribution in [-0.4, -0.2) is 40.8 Å². The molecule has 0 unspecified atom stereocenters. The molecule has 0 saturated carbocycles. The molecule has 2 heterocycles. The van der Waals surface area contributed by atoms with Gasteiger partial charge in [0.2, 0.25) is 5.28 Å². The highest BCUT2D eigenvalue weighted by molar-refractivity contribution is 7.20. The zero-order chi connectivity index (χ0) is 16.3. The number of aromatic nitrogens is 2. The lowest BCUT2D eigenvalue weighted by atomic mass is 10.2. The van der Waals surface area contributed by atoms with Gasteiger partial charge in [-0.25, -0.2) is 14.8 Å². The van der Waals surface area contributed by atoms with Crippen LogP contribution in [0.3, 0.4) is 0 Å². The second kappa shape index (κ2) is 7.21. The molecular formula is C14H18ClN3O3S. The van der Waals surface area contributed by atoms with Crippen LogP contribution in [0.5, 0.6) is 0 Å². The summed E-state index contributed by atoms with van der Waals surface area (Å²) in [7, 11) is 0. The molecule has 0 aliphatic heterocycles. The average molecular weight is 344 g/mol. The third kappa shape index (κ3) is 3.66. The van der Waals surface area contributed by atoms with E-state index >= 15 is 0 Å². The van der Waals surface area contributed by atoms with Crippen LogP contribution < -0.4 is 5.32 Å². The molecule has 0 atom stereocenters. The summed E-state index contributed by atoms with van der Waals surface area (Å²) in [5.74, 6) is 0.425. The Hall–Kier alpha value is -1.44. The number of hydrogen-bond acceptors (Lipinski definition) is 7. The van der Waals surface area contributed by atoms with Gasteiger partial charge in [0, 0.05) is 6.54 Å². The van der Waals surface area contributed by atoms with E-state index in [4.69, 9.17) is 21.4 Å². The van der Waals surface area contributed by atoms with Crippen LogP contribution in [0.15, 0.2) is 0 Å². The molecule has 0 aliphatic carbocycles. The molecule has 0 fully saturated rings. The van der Waals surface area contributed by atoms with E-state index < -0.39 is 0 Å². The molecule has 6 nitrogen and oxygen atoms in total. The zero-order valence-corrected chi connectivity index (χ0v) is 14.2. The number of nitrogens with zero attached hydrogens (tertiary/aromatic N) is 2. The summed E-state index contributed by atoms with van der Waals surface area (Å²) < 4.78 is 5.28. The number of nitrogens with one attached hydrogen (secondary N) is 1. The van der Waals surface area contributed by atoms with Crippen molar-refractivity contribution in [2.75, 3.05) is 25.1 Å². The smallest absolute Gasteiger partial charge is 0.348 e. The van der Waals surface area contributed by atoms with Gasteiger partial charge in [0.15, 0.2) is 0 Å². The molecule has 8 heteroatoms. The fraction of sp³-hybridized carbons (Fsp3) is 0.500.